The van der Waals surface area contributed by atoms with Gasteiger partial charge in [0, 0.05) is 19.0 Å². The molecule has 0 spiro atoms. The van der Waals surface area contributed by atoms with E-state index in [4.69, 9.17) is 5.73 Å². The fourth-order valence-corrected chi connectivity index (χ4v) is 2.28. The van der Waals surface area contributed by atoms with Gasteiger partial charge in [-0.1, -0.05) is 6.92 Å². The fraction of sp³-hybridized carbons (Fsp3) is 0.545. The molecule has 0 amide bonds. The van der Waals surface area contributed by atoms with E-state index in [1.165, 1.54) is 6.26 Å². The number of hydrogen-bond donors (Lipinski definition) is 2. The van der Waals surface area contributed by atoms with Gasteiger partial charge in [-0.15, -0.1) is 0 Å². The summed E-state index contributed by atoms with van der Waals surface area (Å²) in [6.07, 6.45) is 3.65. The zero-order valence-corrected chi connectivity index (χ0v) is 11.0. The predicted octanol–water partition coefficient (Wildman–Crippen LogP) is 0.882. The minimum Gasteiger partial charge on any atom is -0.369 e. The third kappa shape index (κ3) is 4.32. The predicted molar refractivity (Wildman–Crippen MR) is 68.7 cm³/mol. The van der Waals surface area contributed by atoms with Crippen molar-refractivity contribution in [3.05, 3.63) is 18.3 Å². The summed E-state index contributed by atoms with van der Waals surface area (Å²) in [7, 11) is -3.24. The molecule has 17 heavy (non-hydrogen) atoms. The number of hydrogen-bond acceptors (Lipinski definition) is 5. The number of rotatable bonds is 6. The summed E-state index contributed by atoms with van der Waals surface area (Å²) >= 11 is 0. The van der Waals surface area contributed by atoms with Crippen LogP contribution in [0.25, 0.3) is 0 Å². The van der Waals surface area contributed by atoms with Crippen LogP contribution in [0, 0.1) is 5.92 Å². The fourth-order valence-electron chi connectivity index (χ4n) is 1.48. The van der Waals surface area contributed by atoms with E-state index in [1.54, 1.807) is 18.3 Å². The van der Waals surface area contributed by atoms with Gasteiger partial charge in [-0.05, 0) is 31.0 Å². The van der Waals surface area contributed by atoms with E-state index in [0.717, 1.165) is 6.42 Å². The summed E-state index contributed by atoms with van der Waals surface area (Å²) in [6.45, 7) is 3.35. The van der Waals surface area contributed by atoms with E-state index in [9.17, 15) is 8.42 Å². The van der Waals surface area contributed by atoms with Crippen LogP contribution in [0.2, 0.25) is 0 Å². The summed E-state index contributed by atoms with van der Waals surface area (Å²) in [5.74, 6) is 0.799. The van der Waals surface area contributed by atoms with Crippen LogP contribution in [0.15, 0.2) is 23.2 Å². The van der Waals surface area contributed by atoms with Crippen molar-refractivity contribution in [2.75, 3.05) is 24.7 Å². The smallest absolute Gasteiger partial charge is 0.179 e. The van der Waals surface area contributed by atoms with E-state index in [2.05, 4.69) is 17.2 Å². The highest BCUT2D eigenvalue weighted by atomic mass is 32.2. The first kappa shape index (κ1) is 13.9. The number of nitrogens with two attached hydrogens (primary N) is 1. The second kappa shape index (κ2) is 5.97. The Morgan fingerprint density at radius 1 is 1.53 bits per heavy atom. The largest absolute Gasteiger partial charge is 0.369 e. The van der Waals surface area contributed by atoms with Gasteiger partial charge in [0.1, 0.15) is 10.7 Å². The second-order valence-corrected chi connectivity index (χ2v) is 6.17. The summed E-state index contributed by atoms with van der Waals surface area (Å²) in [5, 5.41) is 3.06. The van der Waals surface area contributed by atoms with Crippen molar-refractivity contribution in [2.24, 2.45) is 11.7 Å². The monoisotopic (exact) mass is 257 g/mol. The SMILES string of the molecule is CC(CCN)CNc1ncccc1S(C)(=O)=O. The minimum atomic E-state index is -3.24. The molecule has 0 aliphatic rings. The van der Waals surface area contributed by atoms with Crippen molar-refractivity contribution >= 4 is 15.7 Å². The highest BCUT2D eigenvalue weighted by molar-refractivity contribution is 7.90. The van der Waals surface area contributed by atoms with E-state index in [1.807, 2.05) is 0 Å². The molecule has 1 aromatic heterocycles. The Bertz CT molecular complexity index is 460. The average molecular weight is 257 g/mol. The van der Waals surface area contributed by atoms with Crippen LogP contribution in [0.4, 0.5) is 5.82 Å². The number of aromatic nitrogens is 1. The average Bonchev–Trinajstić information content (AvgIpc) is 2.26. The number of nitrogens with one attached hydrogen (secondary N) is 1. The zero-order valence-electron chi connectivity index (χ0n) is 10.2. The molecule has 0 radical (unpaired) electrons. The maximum absolute atomic E-state index is 11.5. The van der Waals surface area contributed by atoms with Gasteiger partial charge in [-0.2, -0.15) is 0 Å². The molecule has 0 aliphatic heterocycles. The third-order valence-electron chi connectivity index (χ3n) is 2.45. The Labute approximate surface area is 102 Å². The quantitative estimate of drug-likeness (QED) is 0.790. The van der Waals surface area contributed by atoms with Crippen molar-refractivity contribution in [3.8, 4) is 0 Å². The first-order valence-electron chi connectivity index (χ1n) is 5.54. The standard InChI is InChI=1S/C11H19N3O2S/c1-9(5-6-12)8-14-11-10(17(2,15)16)4-3-7-13-11/h3-4,7,9H,5-6,8,12H2,1-2H3,(H,13,14). The number of pyridine rings is 1. The lowest BCUT2D eigenvalue weighted by Gasteiger charge is -2.13. The first-order chi connectivity index (χ1) is 7.95. The lowest BCUT2D eigenvalue weighted by atomic mass is 10.1. The maximum Gasteiger partial charge on any atom is 0.179 e. The molecule has 1 aromatic rings. The summed E-state index contributed by atoms with van der Waals surface area (Å²) in [5.41, 5.74) is 5.46. The van der Waals surface area contributed by atoms with Crippen LogP contribution in [-0.2, 0) is 9.84 Å². The molecule has 1 atom stereocenters. The molecule has 96 valence electrons. The number of sulfone groups is 1. The molecule has 5 nitrogen and oxygen atoms in total. The molecule has 1 rings (SSSR count). The van der Waals surface area contributed by atoms with Crippen molar-refractivity contribution in [3.63, 3.8) is 0 Å². The highest BCUT2D eigenvalue weighted by Crippen LogP contribution is 2.18. The van der Waals surface area contributed by atoms with Gasteiger partial charge in [0.25, 0.3) is 0 Å². The van der Waals surface area contributed by atoms with Gasteiger partial charge >= 0.3 is 0 Å². The van der Waals surface area contributed by atoms with Crippen LogP contribution in [0.5, 0.6) is 0 Å². The lowest BCUT2D eigenvalue weighted by Crippen LogP contribution is -2.17. The molecule has 0 saturated carbocycles. The molecule has 3 N–H and O–H groups in total. The van der Waals surface area contributed by atoms with Crippen molar-refractivity contribution in [1.82, 2.24) is 4.98 Å². The molecule has 6 heteroatoms. The van der Waals surface area contributed by atoms with Gasteiger partial charge < -0.3 is 11.1 Å². The van der Waals surface area contributed by atoms with Crippen LogP contribution < -0.4 is 11.1 Å². The van der Waals surface area contributed by atoms with E-state index in [-0.39, 0.29) is 4.90 Å². The molecule has 1 unspecified atom stereocenters. The maximum atomic E-state index is 11.5. The van der Waals surface area contributed by atoms with Crippen LogP contribution in [0.1, 0.15) is 13.3 Å². The summed E-state index contributed by atoms with van der Waals surface area (Å²) < 4.78 is 23.0. The van der Waals surface area contributed by atoms with Crippen LogP contribution in [-0.4, -0.2) is 32.7 Å². The minimum absolute atomic E-state index is 0.236. The summed E-state index contributed by atoms with van der Waals surface area (Å²) in [4.78, 5) is 4.29. The Balaban J connectivity index is 2.78. The third-order valence-corrected chi connectivity index (χ3v) is 3.58. The topological polar surface area (TPSA) is 85.1 Å². The molecule has 0 bridgehead atoms. The molecule has 0 fully saturated rings. The number of anilines is 1. The van der Waals surface area contributed by atoms with Gasteiger partial charge in [0.15, 0.2) is 9.84 Å². The molecule has 0 aliphatic carbocycles. The second-order valence-electron chi connectivity index (χ2n) is 4.19. The summed E-state index contributed by atoms with van der Waals surface area (Å²) in [6, 6.07) is 3.17. The lowest BCUT2D eigenvalue weighted by molar-refractivity contribution is 0.566. The van der Waals surface area contributed by atoms with Crippen LogP contribution >= 0.6 is 0 Å². The molecule has 0 saturated heterocycles. The molecular weight excluding hydrogens is 238 g/mol. The van der Waals surface area contributed by atoms with Crippen molar-refractivity contribution in [1.29, 1.82) is 0 Å². The molecule has 1 heterocycles. The van der Waals surface area contributed by atoms with Crippen molar-refractivity contribution < 1.29 is 8.42 Å². The first-order valence-corrected chi connectivity index (χ1v) is 7.43. The van der Waals surface area contributed by atoms with Crippen molar-refractivity contribution in [2.45, 2.75) is 18.2 Å². The van der Waals surface area contributed by atoms with E-state index in [0.29, 0.717) is 24.8 Å². The highest BCUT2D eigenvalue weighted by Gasteiger charge is 2.14. The Kier molecular flexibility index (Phi) is 4.89. The number of nitrogens with zero attached hydrogens (tertiary/aromatic N) is 1. The van der Waals surface area contributed by atoms with Gasteiger partial charge in [-0.25, -0.2) is 13.4 Å². The van der Waals surface area contributed by atoms with E-state index < -0.39 is 9.84 Å². The van der Waals surface area contributed by atoms with E-state index >= 15 is 0 Å². The molecular formula is C11H19N3O2S. The van der Waals surface area contributed by atoms with Gasteiger partial charge in [0.2, 0.25) is 0 Å². The Morgan fingerprint density at radius 2 is 2.24 bits per heavy atom. The van der Waals surface area contributed by atoms with Crippen LogP contribution in [0.3, 0.4) is 0 Å². The Hall–Kier alpha value is -1.14. The van der Waals surface area contributed by atoms with Gasteiger partial charge in [-0.3, -0.25) is 0 Å². The molecule has 0 aromatic carbocycles. The van der Waals surface area contributed by atoms with Gasteiger partial charge in [0.05, 0.1) is 0 Å². The normalized spacial score (nSPS) is 13.4. The zero-order chi connectivity index (χ0) is 12.9. The Morgan fingerprint density at radius 3 is 2.82 bits per heavy atom.